The van der Waals surface area contributed by atoms with Crippen molar-refractivity contribution in [2.75, 3.05) is 14.1 Å². The normalized spacial score (nSPS) is 10.5. The Morgan fingerprint density at radius 2 is 1.75 bits per heavy atom. The van der Waals surface area contributed by atoms with Crippen molar-refractivity contribution in [3.05, 3.63) is 72.8 Å². The predicted octanol–water partition coefficient (Wildman–Crippen LogP) is 6.49. The maximum Gasteiger partial charge on any atom is 0.271 e. The van der Waals surface area contributed by atoms with E-state index in [2.05, 4.69) is 42.3 Å². The molecule has 0 atom stereocenters. The van der Waals surface area contributed by atoms with Gasteiger partial charge < -0.3 is 15.1 Å². The highest BCUT2D eigenvalue weighted by Crippen LogP contribution is 2.24. The summed E-state index contributed by atoms with van der Waals surface area (Å²) in [6, 6.07) is 10.2. The number of carbonyl (C=O) groups is 2. The second kappa shape index (κ2) is 15.9. The lowest BCUT2D eigenvalue weighted by atomic mass is 10.2. The number of aliphatic imine (C=N–C) groups is 1. The van der Waals surface area contributed by atoms with Crippen LogP contribution in [-0.4, -0.2) is 41.8 Å². The number of pyridine rings is 1. The lowest BCUT2D eigenvalue weighted by Gasteiger charge is -2.09. The van der Waals surface area contributed by atoms with Crippen LogP contribution in [-0.2, 0) is 0 Å². The van der Waals surface area contributed by atoms with Gasteiger partial charge in [-0.2, -0.15) is 0 Å². The Labute approximate surface area is 217 Å². The van der Waals surface area contributed by atoms with E-state index in [0.29, 0.717) is 5.69 Å². The van der Waals surface area contributed by atoms with Gasteiger partial charge in [-0.05, 0) is 43.3 Å². The molecule has 3 N–H and O–H groups in total. The monoisotopic (exact) mass is 497 g/mol. The van der Waals surface area contributed by atoms with Crippen molar-refractivity contribution < 1.29 is 16.9 Å². The zero-order valence-electron chi connectivity index (χ0n) is 22.1. The van der Waals surface area contributed by atoms with Crippen molar-refractivity contribution >= 4 is 34.4 Å². The number of aryl methyl sites for hydroxylation is 1. The highest BCUT2D eigenvalue weighted by molar-refractivity contribution is 6.06. The lowest BCUT2D eigenvalue weighted by Crippen LogP contribution is -2.36. The molecular weight excluding hydrogens is 454 g/mol. The number of nitrogens with two attached hydrogens (primary N) is 1. The molecule has 0 aliphatic heterocycles. The molecule has 1 aromatic carbocycles. The molecule has 0 bridgehead atoms. The minimum atomic E-state index is -0.465. The number of benzene rings is 1. The number of fused-ring (bicyclic) bond motifs is 1. The van der Waals surface area contributed by atoms with E-state index in [4.69, 9.17) is 10.2 Å². The molecule has 0 saturated heterocycles. The van der Waals surface area contributed by atoms with Crippen LogP contribution in [0.4, 0.5) is 5.69 Å². The third-order valence-electron chi connectivity index (χ3n) is 4.97. The van der Waals surface area contributed by atoms with Crippen molar-refractivity contribution in [3.8, 4) is 0 Å². The number of hydrogen-bond acceptors (Lipinski definition) is 5. The number of furan rings is 1. The first kappa shape index (κ1) is 30.1. The van der Waals surface area contributed by atoms with E-state index in [1.54, 1.807) is 26.2 Å². The molecule has 0 fully saturated rings. The summed E-state index contributed by atoms with van der Waals surface area (Å²) in [7, 11) is 3.26. The summed E-state index contributed by atoms with van der Waals surface area (Å²) in [6.07, 6.45) is 8.33. The second-order valence-corrected chi connectivity index (χ2v) is 8.22. The fraction of sp³-hybridized carbons (Fsp3) is 0.357. The van der Waals surface area contributed by atoms with Crippen LogP contribution in [0.5, 0.6) is 0 Å². The average molecular weight is 498 g/mol. The van der Waals surface area contributed by atoms with Gasteiger partial charge in [-0.3, -0.25) is 19.9 Å². The van der Waals surface area contributed by atoms with Crippen molar-refractivity contribution in [2.24, 2.45) is 10.7 Å². The summed E-state index contributed by atoms with van der Waals surface area (Å²) in [6.45, 7) is 12.4. The van der Waals surface area contributed by atoms with Crippen LogP contribution >= 0.6 is 0 Å². The summed E-state index contributed by atoms with van der Waals surface area (Å²) in [5.41, 5.74) is 7.69. The average Bonchev–Trinajstić information content (AvgIpc) is 3.24. The Balaban J connectivity index is 0. The fourth-order valence-electron chi connectivity index (χ4n) is 3.15. The molecule has 8 heteroatoms. The first-order chi connectivity index (χ1) is 17.2. The van der Waals surface area contributed by atoms with Crippen molar-refractivity contribution in [3.63, 3.8) is 0 Å². The van der Waals surface area contributed by atoms with Gasteiger partial charge in [0.2, 0.25) is 5.96 Å². The van der Waals surface area contributed by atoms with Gasteiger partial charge in [-0.25, -0.2) is 4.99 Å². The first-order valence-corrected chi connectivity index (χ1v) is 12.1. The minimum Gasteiger partial charge on any atom is -0.461 e. The highest BCUT2D eigenvalue weighted by atomic mass is 16.3. The zero-order chi connectivity index (χ0) is 27.1. The molecule has 3 aromatic rings. The molecule has 0 aliphatic rings. The number of aromatic nitrogens is 1. The molecule has 0 radical (unpaired) electrons. The van der Waals surface area contributed by atoms with Gasteiger partial charge in [0.1, 0.15) is 17.0 Å². The molecule has 0 unspecified atom stereocenters. The standard InChI is InChI=1S/C19H19N5O3.C7H16.C2H4.2H2/c1-11-8-13-9-14(5-7-16(13)27-11)22-19(20)23-17(25)12-4-6-15(21-10-12)18(26)24(2)3;1-3-5-7-6-4-2;1-2;;/h4-10H,1-3H3,(H3,20,22,23,25);3-7H2,1-2H3;1-2H2;2*1H. The summed E-state index contributed by atoms with van der Waals surface area (Å²) in [5.74, 6) is 0.0462. The van der Waals surface area contributed by atoms with E-state index in [-0.39, 0.29) is 26.0 Å². The molecule has 2 amide bonds. The van der Waals surface area contributed by atoms with Gasteiger partial charge in [0.25, 0.3) is 11.8 Å². The Bertz CT molecular complexity index is 1140. The number of unbranched alkanes of at least 4 members (excludes halogenated alkanes) is 4. The fourth-order valence-corrected chi connectivity index (χ4v) is 3.15. The SMILES string of the molecule is C=C.CCCCCCC.Cc1cc2cc(N=C(N)NC(=O)c3ccc(C(=O)N(C)C)nc3)ccc2o1.[HH].[HH]. The number of rotatable bonds is 7. The van der Waals surface area contributed by atoms with Crippen LogP contribution in [0.1, 0.15) is 75.4 Å². The van der Waals surface area contributed by atoms with Crippen LogP contribution in [0, 0.1) is 6.92 Å². The molecule has 2 heterocycles. The summed E-state index contributed by atoms with van der Waals surface area (Å²) in [4.78, 5) is 33.7. The summed E-state index contributed by atoms with van der Waals surface area (Å²) in [5, 5.41) is 3.40. The number of guanidine groups is 1. The molecule has 3 rings (SSSR count). The molecular formula is C28H43N5O3. The third kappa shape index (κ3) is 9.74. The number of carbonyl (C=O) groups excluding carboxylic acids is 2. The first-order valence-electron chi connectivity index (χ1n) is 12.1. The minimum absolute atomic E-state index is 0. The Hall–Kier alpha value is -3.94. The number of amides is 2. The van der Waals surface area contributed by atoms with E-state index in [9.17, 15) is 9.59 Å². The second-order valence-electron chi connectivity index (χ2n) is 8.22. The van der Waals surface area contributed by atoms with E-state index >= 15 is 0 Å². The largest absolute Gasteiger partial charge is 0.461 e. The van der Waals surface area contributed by atoms with Gasteiger partial charge in [0.15, 0.2) is 0 Å². The maximum absolute atomic E-state index is 12.3. The smallest absolute Gasteiger partial charge is 0.271 e. The number of nitrogens with zero attached hydrogens (tertiary/aromatic N) is 3. The Morgan fingerprint density at radius 3 is 2.31 bits per heavy atom. The quantitative estimate of drug-likeness (QED) is 0.168. The molecule has 0 aliphatic carbocycles. The zero-order valence-corrected chi connectivity index (χ0v) is 22.1. The van der Waals surface area contributed by atoms with Crippen molar-refractivity contribution in [1.29, 1.82) is 0 Å². The van der Waals surface area contributed by atoms with Gasteiger partial charge >= 0.3 is 0 Å². The number of nitrogens with one attached hydrogen (secondary N) is 1. The Morgan fingerprint density at radius 1 is 1.08 bits per heavy atom. The molecule has 2 aromatic heterocycles. The molecule has 0 spiro atoms. The van der Waals surface area contributed by atoms with Crippen LogP contribution < -0.4 is 11.1 Å². The van der Waals surface area contributed by atoms with Gasteiger partial charge in [0, 0.05) is 28.5 Å². The van der Waals surface area contributed by atoms with Gasteiger partial charge in [-0.15, -0.1) is 13.2 Å². The molecule has 8 nitrogen and oxygen atoms in total. The van der Waals surface area contributed by atoms with Gasteiger partial charge in [-0.1, -0.05) is 46.0 Å². The molecule has 36 heavy (non-hydrogen) atoms. The topological polar surface area (TPSA) is 114 Å². The summed E-state index contributed by atoms with van der Waals surface area (Å²) >= 11 is 0. The van der Waals surface area contributed by atoms with E-state index < -0.39 is 5.91 Å². The van der Waals surface area contributed by atoms with Crippen LogP contribution in [0.25, 0.3) is 11.0 Å². The predicted molar refractivity (Wildman–Crippen MR) is 152 cm³/mol. The Kier molecular flexibility index (Phi) is 13.3. The molecule has 0 saturated carbocycles. The van der Waals surface area contributed by atoms with Crippen molar-refractivity contribution in [1.82, 2.24) is 15.2 Å². The maximum atomic E-state index is 12.3. The summed E-state index contributed by atoms with van der Waals surface area (Å²) < 4.78 is 5.51. The lowest BCUT2D eigenvalue weighted by molar-refractivity contribution is 0.0821. The van der Waals surface area contributed by atoms with E-state index in [1.807, 2.05) is 19.1 Å². The van der Waals surface area contributed by atoms with Crippen LogP contribution in [0.3, 0.4) is 0 Å². The van der Waals surface area contributed by atoms with Gasteiger partial charge in [0.05, 0.1) is 11.3 Å². The van der Waals surface area contributed by atoms with E-state index in [1.165, 1.54) is 55.3 Å². The highest BCUT2D eigenvalue weighted by Gasteiger charge is 2.12. The van der Waals surface area contributed by atoms with E-state index in [0.717, 1.165) is 16.7 Å². The third-order valence-corrected chi connectivity index (χ3v) is 4.97. The van der Waals surface area contributed by atoms with Crippen molar-refractivity contribution in [2.45, 2.75) is 52.9 Å². The number of hydrogen-bond donors (Lipinski definition) is 2. The van der Waals surface area contributed by atoms with Crippen LogP contribution in [0.15, 0.2) is 65.2 Å². The molecule has 198 valence electrons. The van der Waals surface area contributed by atoms with Crippen LogP contribution in [0.2, 0.25) is 0 Å².